The van der Waals surface area contributed by atoms with E-state index in [1.165, 1.54) is 7.11 Å². The summed E-state index contributed by atoms with van der Waals surface area (Å²) in [4.78, 5) is 11.2. The Morgan fingerprint density at radius 2 is 1.94 bits per heavy atom. The van der Waals surface area contributed by atoms with Gasteiger partial charge in [-0.15, -0.1) is 0 Å². The molecule has 0 atom stereocenters. The monoisotopic (exact) mass is 221 g/mol. The number of carbonyl (C=O) groups is 1. The van der Waals surface area contributed by atoms with Crippen molar-refractivity contribution in [1.29, 1.82) is 0 Å². The van der Waals surface area contributed by atoms with E-state index in [0.29, 0.717) is 12.4 Å². The highest BCUT2D eigenvalue weighted by molar-refractivity contribution is 5.96. The molecule has 1 aromatic carbocycles. The molecule has 2 N–H and O–H groups in total. The van der Waals surface area contributed by atoms with E-state index in [2.05, 4.69) is 0 Å². The number of hydrogen-bond donors (Lipinski definition) is 1. The minimum absolute atomic E-state index is 0.0520. The molecule has 0 radical (unpaired) electrons. The van der Waals surface area contributed by atoms with Gasteiger partial charge in [0.05, 0.1) is 13.7 Å². The fourth-order valence-corrected chi connectivity index (χ4v) is 1.32. The molecule has 0 saturated heterocycles. The van der Waals surface area contributed by atoms with Gasteiger partial charge in [-0.05, 0) is 6.92 Å². The van der Waals surface area contributed by atoms with Gasteiger partial charge in [0.15, 0.2) is 5.76 Å². The van der Waals surface area contributed by atoms with Crippen molar-refractivity contribution >= 4 is 11.7 Å². The average molecular weight is 221 g/mol. The van der Waals surface area contributed by atoms with Crippen LogP contribution in [0.15, 0.2) is 36.1 Å². The highest BCUT2D eigenvalue weighted by Crippen LogP contribution is 2.19. The van der Waals surface area contributed by atoms with E-state index in [4.69, 9.17) is 15.2 Å². The van der Waals surface area contributed by atoms with Crippen molar-refractivity contribution in [3.8, 4) is 0 Å². The normalized spacial score (nSPS) is 11.6. The van der Waals surface area contributed by atoms with Crippen LogP contribution in [0.25, 0.3) is 5.76 Å². The largest absolute Gasteiger partial charge is 0.492 e. The molecule has 86 valence electrons. The van der Waals surface area contributed by atoms with Crippen LogP contribution >= 0.6 is 0 Å². The number of hydrogen-bond acceptors (Lipinski definition) is 3. The summed E-state index contributed by atoms with van der Waals surface area (Å²) in [5.74, 6) is -0.228. The second-order valence-corrected chi connectivity index (χ2v) is 3.03. The summed E-state index contributed by atoms with van der Waals surface area (Å²) in [5.41, 5.74) is 5.99. The third-order valence-corrected chi connectivity index (χ3v) is 1.96. The lowest BCUT2D eigenvalue weighted by Crippen LogP contribution is -2.18. The minimum atomic E-state index is -0.637. The first-order valence-electron chi connectivity index (χ1n) is 4.97. The molecule has 16 heavy (non-hydrogen) atoms. The number of nitrogens with two attached hydrogens (primary N) is 1. The third kappa shape index (κ3) is 2.76. The molecule has 0 aromatic heterocycles. The Kier molecular flexibility index (Phi) is 4.39. The molecule has 0 bridgehead atoms. The van der Waals surface area contributed by atoms with E-state index in [1.54, 1.807) is 6.92 Å². The maximum atomic E-state index is 11.2. The highest BCUT2D eigenvalue weighted by atomic mass is 16.5. The molecule has 0 aliphatic rings. The molecule has 0 unspecified atom stereocenters. The second kappa shape index (κ2) is 5.80. The predicted molar refractivity (Wildman–Crippen MR) is 61.2 cm³/mol. The van der Waals surface area contributed by atoms with Gasteiger partial charge < -0.3 is 15.2 Å². The summed E-state index contributed by atoms with van der Waals surface area (Å²) in [7, 11) is 1.48. The Morgan fingerprint density at radius 3 is 2.38 bits per heavy atom. The van der Waals surface area contributed by atoms with Crippen LogP contribution in [0.3, 0.4) is 0 Å². The molecular formula is C12H15NO3. The quantitative estimate of drug-likeness (QED) is 0.605. The molecule has 0 aliphatic carbocycles. The van der Waals surface area contributed by atoms with Gasteiger partial charge in [0.1, 0.15) is 0 Å². The van der Waals surface area contributed by atoms with Crippen LogP contribution in [0.1, 0.15) is 12.5 Å². The van der Waals surface area contributed by atoms with Crippen molar-refractivity contribution in [3.63, 3.8) is 0 Å². The molecule has 4 heteroatoms. The van der Waals surface area contributed by atoms with Crippen molar-refractivity contribution in [2.45, 2.75) is 6.92 Å². The molecule has 1 rings (SSSR count). The average Bonchev–Trinajstić information content (AvgIpc) is 2.30. The van der Waals surface area contributed by atoms with E-state index in [0.717, 1.165) is 5.56 Å². The Morgan fingerprint density at radius 1 is 1.31 bits per heavy atom. The summed E-state index contributed by atoms with van der Waals surface area (Å²) < 4.78 is 10.4. The highest BCUT2D eigenvalue weighted by Gasteiger charge is 2.16. The number of ether oxygens (including phenoxy) is 2. The molecule has 0 saturated carbocycles. The van der Waals surface area contributed by atoms with Crippen molar-refractivity contribution in [3.05, 3.63) is 41.7 Å². The zero-order chi connectivity index (χ0) is 12.0. The topological polar surface area (TPSA) is 61.5 Å². The lowest BCUT2D eigenvalue weighted by atomic mass is 10.1. The first kappa shape index (κ1) is 12.1. The molecular weight excluding hydrogens is 206 g/mol. The molecule has 1 amide bonds. The van der Waals surface area contributed by atoms with Gasteiger partial charge in [-0.1, -0.05) is 30.3 Å². The van der Waals surface area contributed by atoms with E-state index in [9.17, 15) is 4.79 Å². The number of carbonyl (C=O) groups excluding carboxylic acids is 1. The number of rotatable bonds is 5. The van der Waals surface area contributed by atoms with Crippen LogP contribution in [0.4, 0.5) is 0 Å². The lowest BCUT2D eigenvalue weighted by Gasteiger charge is -2.12. The first-order valence-corrected chi connectivity index (χ1v) is 4.97. The van der Waals surface area contributed by atoms with Crippen LogP contribution in [0.5, 0.6) is 0 Å². The smallest absolute Gasteiger partial charge is 0.287 e. The molecule has 0 fully saturated rings. The van der Waals surface area contributed by atoms with Gasteiger partial charge in [-0.25, -0.2) is 0 Å². The standard InChI is InChI=1S/C12H15NO3/c1-3-16-11(12(13)14)10(15-2)9-7-5-4-6-8-9/h4-8H,3H2,1-2H3,(H2,13,14). The summed E-state index contributed by atoms with van der Waals surface area (Å²) in [6, 6.07) is 9.21. The molecule has 1 aromatic rings. The molecule has 0 spiro atoms. The van der Waals surface area contributed by atoms with Crippen molar-refractivity contribution in [2.24, 2.45) is 5.73 Å². The van der Waals surface area contributed by atoms with Crippen LogP contribution in [0.2, 0.25) is 0 Å². The second-order valence-electron chi connectivity index (χ2n) is 3.03. The van der Waals surface area contributed by atoms with Gasteiger partial charge >= 0.3 is 0 Å². The van der Waals surface area contributed by atoms with E-state index >= 15 is 0 Å². The van der Waals surface area contributed by atoms with Crippen LogP contribution < -0.4 is 5.73 Å². The Bertz CT molecular complexity index is 385. The van der Waals surface area contributed by atoms with Gasteiger partial charge in [0.2, 0.25) is 5.76 Å². The van der Waals surface area contributed by atoms with E-state index in [-0.39, 0.29) is 5.76 Å². The zero-order valence-corrected chi connectivity index (χ0v) is 9.40. The summed E-state index contributed by atoms with van der Waals surface area (Å²) >= 11 is 0. The summed E-state index contributed by atoms with van der Waals surface area (Å²) in [6.07, 6.45) is 0. The van der Waals surface area contributed by atoms with E-state index < -0.39 is 5.91 Å². The maximum absolute atomic E-state index is 11.2. The maximum Gasteiger partial charge on any atom is 0.287 e. The van der Waals surface area contributed by atoms with Gasteiger partial charge in [0.25, 0.3) is 5.91 Å². The van der Waals surface area contributed by atoms with Gasteiger partial charge in [-0.3, -0.25) is 4.79 Å². The number of primary amides is 1. The zero-order valence-electron chi connectivity index (χ0n) is 9.40. The number of benzene rings is 1. The fourth-order valence-electron chi connectivity index (χ4n) is 1.32. The third-order valence-electron chi connectivity index (χ3n) is 1.96. The van der Waals surface area contributed by atoms with Crippen LogP contribution in [0, 0.1) is 0 Å². The Labute approximate surface area is 94.7 Å². The summed E-state index contributed by atoms with van der Waals surface area (Å²) in [6.45, 7) is 2.14. The summed E-state index contributed by atoms with van der Waals surface area (Å²) in [5, 5.41) is 0. The van der Waals surface area contributed by atoms with Crippen LogP contribution in [-0.2, 0) is 14.3 Å². The van der Waals surface area contributed by atoms with Gasteiger partial charge in [-0.2, -0.15) is 0 Å². The van der Waals surface area contributed by atoms with Crippen molar-refractivity contribution < 1.29 is 14.3 Å². The van der Waals surface area contributed by atoms with Crippen molar-refractivity contribution in [2.75, 3.05) is 13.7 Å². The predicted octanol–water partition coefficient (Wildman–Crippen LogP) is 1.52. The number of amides is 1. The van der Waals surface area contributed by atoms with Crippen molar-refractivity contribution in [1.82, 2.24) is 0 Å². The molecule has 4 nitrogen and oxygen atoms in total. The van der Waals surface area contributed by atoms with Gasteiger partial charge in [0, 0.05) is 5.56 Å². The first-order chi connectivity index (χ1) is 7.70. The SMILES string of the molecule is CCOC(C(N)=O)=C(OC)c1ccccc1. The van der Waals surface area contributed by atoms with E-state index in [1.807, 2.05) is 30.3 Å². The fraction of sp³-hybridized carbons (Fsp3) is 0.250. The molecule has 0 aliphatic heterocycles. The molecule has 0 heterocycles. The number of methoxy groups -OCH3 is 1. The minimum Gasteiger partial charge on any atom is -0.492 e. The lowest BCUT2D eigenvalue weighted by molar-refractivity contribution is -0.117. The van der Waals surface area contributed by atoms with Crippen LogP contribution in [-0.4, -0.2) is 19.6 Å². The Balaban J connectivity index is 3.20. The Hall–Kier alpha value is -1.97.